The Bertz CT molecular complexity index is 1600. The molecular formula is C30H30F2N6O. The van der Waals surface area contributed by atoms with Crippen LogP contribution in [0.3, 0.4) is 0 Å². The number of imidazole rings is 1. The number of aromatic nitrogens is 4. The maximum Gasteiger partial charge on any atom is 0.270 e. The van der Waals surface area contributed by atoms with Crippen LogP contribution in [-0.2, 0) is 13.0 Å². The Labute approximate surface area is 225 Å². The van der Waals surface area contributed by atoms with Crippen LogP contribution in [-0.4, -0.2) is 56.6 Å². The highest BCUT2D eigenvalue weighted by Crippen LogP contribution is 2.33. The summed E-state index contributed by atoms with van der Waals surface area (Å²) >= 11 is 0. The second-order valence-electron chi connectivity index (χ2n) is 10.6. The van der Waals surface area contributed by atoms with E-state index in [4.69, 9.17) is 0 Å². The van der Waals surface area contributed by atoms with Crippen LogP contribution in [0.15, 0.2) is 42.7 Å². The zero-order chi connectivity index (χ0) is 27.1. The summed E-state index contributed by atoms with van der Waals surface area (Å²) < 4.78 is 31.6. The second kappa shape index (κ2) is 10.3. The van der Waals surface area contributed by atoms with Crippen molar-refractivity contribution in [3.63, 3.8) is 0 Å². The summed E-state index contributed by atoms with van der Waals surface area (Å²) in [5.41, 5.74) is 3.39. The van der Waals surface area contributed by atoms with Gasteiger partial charge in [0.15, 0.2) is 5.82 Å². The normalized spacial score (nSPS) is 18.5. The molecule has 7 nitrogen and oxygen atoms in total. The fourth-order valence-electron chi connectivity index (χ4n) is 5.54. The number of halogens is 2. The molecule has 1 aromatic carbocycles. The molecule has 4 aromatic rings. The van der Waals surface area contributed by atoms with Gasteiger partial charge in [-0.25, -0.2) is 18.7 Å². The minimum absolute atomic E-state index is 0.156. The van der Waals surface area contributed by atoms with Crippen LogP contribution < -0.4 is 5.32 Å². The van der Waals surface area contributed by atoms with Crippen molar-refractivity contribution in [1.29, 1.82) is 0 Å². The van der Waals surface area contributed by atoms with E-state index in [9.17, 15) is 9.18 Å². The molecule has 2 N–H and O–H groups in total. The number of aryl methyl sites for hydroxylation is 1. The molecule has 2 atom stereocenters. The molecular weight excluding hydrogens is 498 g/mol. The van der Waals surface area contributed by atoms with Crippen molar-refractivity contribution in [2.75, 3.05) is 20.1 Å². The van der Waals surface area contributed by atoms with Crippen LogP contribution in [0.2, 0.25) is 0 Å². The van der Waals surface area contributed by atoms with E-state index in [0.717, 1.165) is 25.9 Å². The lowest BCUT2D eigenvalue weighted by Gasteiger charge is -2.25. The van der Waals surface area contributed by atoms with E-state index in [1.54, 1.807) is 35.2 Å². The number of carbonyl (C=O) groups is 1. The van der Waals surface area contributed by atoms with Gasteiger partial charge in [-0.2, -0.15) is 0 Å². The first-order valence-corrected chi connectivity index (χ1v) is 13.3. The van der Waals surface area contributed by atoms with Crippen molar-refractivity contribution >= 4 is 16.8 Å². The van der Waals surface area contributed by atoms with Gasteiger partial charge in [0.2, 0.25) is 0 Å². The van der Waals surface area contributed by atoms with E-state index in [2.05, 4.69) is 44.1 Å². The summed E-state index contributed by atoms with van der Waals surface area (Å²) in [5, 5.41) is 3.35. The van der Waals surface area contributed by atoms with Crippen LogP contribution in [0.25, 0.3) is 10.9 Å². The molecule has 39 heavy (non-hydrogen) atoms. The molecule has 0 aliphatic carbocycles. The number of aromatic amines is 1. The Morgan fingerprint density at radius 1 is 1.23 bits per heavy atom. The van der Waals surface area contributed by atoms with Crippen LogP contribution in [0.5, 0.6) is 0 Å². The number of rotatable bonds is 4. The zero-order valence-corrected chi connectivity index (χ0v) is 22.0. The second-order valence-corrected chi connectivity index (χ2v) is 10.6. The lowest BCUT2D eigenvalue weighted by Crippen LogP contribution is -2.32. The van der Waals surface area contributed by atoms with E-state index >= 15 is 4.39 Å². The standard InChI is InChI=1S/C30H30F2N6O/c1-18-13-20(8-7-19-9-11-37(2)12-10-19)14-24(34-18)30(39)36-29(27-25-15-21(31)16-38(25)17-33-27)28-26(32)22-5-3-4-6-23(22)35-28/h3-6,13-14,17,19,21,29,35H,9-12,15-16H2,1-2H3,(H,36,39)/t21-,29?/m1/s1. The van der Waals surface area contributed by atoms with Crippen molar-refractivity contribution in [1.82, 2.24) is 29.7 Å². The maximum atomic E-state index is 15.7. The van der Waals surface area contributed by atoms with E-state index in [-0.39, 0.29) is 24.4 Å². The van der Waals surface area contributed by atoms with Crippen LogP contribution >= 0.6 is 0 Å². The molecule has 2 aliphatic rings. The number of amides is 1. The number of fused-ring (bicyclic) bond motifs is 2. The van der Waals surface area contributed by atoms with Crippen LogP contribution in [0.1, 0.15) is 57.7 Å². The highest BCUT2D eigenvalue weighted by molar-refractivity contribution is 5.93. The number of para-hydroxylation sites is 1. The van der Waals surface area contributed by atoms with Crippen LogP contribution in [0.4, 0.5) is 8.78 Å². The first-order valence-electron chi connectivity index (χ1n) is 13.3. The van der Waals surface area contributed by atoms with Gasteiger partial charge in [-0.1, -0.05) is 24.0 Å². The van der Waals surface area contributed by atoms with E-state index in [1.165, 1.54) is 0 Å². The maximum absolute atomic E-state index is 15.7. The number of likely N-dealkylation sites (tertiary alicyclic amines) is 1. The Hall–Kier alpha value is -4.03. The van der Waals surface area contributed by atoms with Gasteiger partial charge in [-0.05, 0) is 64.2 Å². The fourth-order valence-corrected chi connectivity index (χ4v) is 5.54. The minimum atomic E-state index is -1.05. The minimum Gasteiger partial charge on any atom is -0.354 e. The van der Waals surface area contributed by atoms with Gasteiger partial charge in [0.25, 0.3) is 5.91 Å². The molecule has 1 fully saturated rings. The number of H-pyrrole nitrogens is 1. The van der Waals surface area contributed by atoms with Crippen molar-refractivity contribution in [2.24, 2.45) is 5.92 Å². The quantitative estimate of drug-likeness (QED) is 0.387. The number of benzene rings is 1. The Morgan fingerprint density at radius 2 is 2.03 bits per heavy atom. The monoisotopic (exact) mass is 528 g/mol. The molecule has 0 bridgehead atoms. The van der Waals surface area contributed by atoms with Gasteiger partial charge >= 0.3 is 0 Å². The molecule has 200 valence electrons. The highest BCUT2D eigenvalue weighted by Gasteiger charge is 2.33. The first kappa shape index (κ1) is 25.3. The average molecular weight is 529 g/mol. The van der Waals surface area contributed by atoms with Crippen molar-refractivity contribution in [2.45, 2.75) is 44.9 Å². The number of nitrogens with one attached hydrogen (secondary N) is 2. The molecule has 6 rings (SSSR count). The molecule has 0 radical (unpaired) electrons. The summed E-state index contributed by atoms with van der Waals surface area (Å²) in [6.45, 7) is 4.05. The molecule has 0 saturated carbocycles. The molecule has 5 heterocycles. The average Bonchev–Trinajstić information content (AvgIpc) is 3.59. The van der Waals surface area contributed by atoms with Crippen LogP contribution in [0, 0.1) is 30.5 Å². The fraction of sp³-hybridized carbons (Fsp3) is 0.367. The van der Waals surface area contributed by atoms with Crippen molar-refractivity contribution in [3.05, 3.63) is 82.6 Å². The third kappa shape index (κ3) is 5.04. The number of carbonyl (C=O) groups excluding carboxylic acids is 1. The van der Waals surface area contributed by atoms with Gasteiger partial charge in [-0.3, -0.25) is 4.79 Å². The number of hydrogen-bond donors (Lipinski definition) is 2. The van der Waals surface area contributed by atoms with Gasteiger partial charge in [0, 0.05) is 40.2 Å². The number of nitrogens with zero attached hydrogens (tertiary/aromatic N) is 4. The van der Waals surface area contributed by atoms with E-state index in [1.807, 2.05) is 19.1 Å². The highest BCUT2D eigenvalue weighted by atomic mass is 19.1. The first-order chi connectivity index (χ1) is 18.9. The molecule has 1 unspecified atom stereocenters. The Kier molecular flexibility index (Phi) is 6.65. The van der Waals surface area contributed by atoms with Gasteiger partial charge < -0.3 is 19.8 Å². The molecule has 1 saturated heterocycles. The zero-order valence-electron chi connectivity index (χ0n) is 22.0. The molecule has 9 heteroatoms. The number of piperidine rings is 1. The number of hydrogen-bond acceptors (Lipinski definition) is 4. The summed E-state index contributed by atoms with van der Waals surface area (Å²) in [4.78, 5) is 27.9. The van der Waals surface area contributed by atoms with Gasteiger partial charge in [0.1, 0.15) is 17.9 Å². The molecule has 0 spiro atoms. The van der Waals surface area contributed by atoms with Gasteiger partial charge in [0.05, 0.1) is 24.3 Å². The predicted octanol–water partition coefficient (Wildman–Crippen LogP) is 4.31. The smallest absolute Gasteiger partial charge is 0.270 e. The molecule has 2 aliphatic heterocycles. The largest absolute Gasteiger partial charge is 0.354 e. The van der Waals surface area contributed by atoms with Gasteiger partial charge in [-0.15, -0.1) is 0 Å². The summed E-state index contributed by atoms with van der Waals surface area (Å²) in [6, 6.07) is 9.58. The lowest BCUT2D eigenvalue weighted by atomic mass is 9.97. The van der Waals surface area contributed by atoms with Crippen molar-refractivity contribution in [3.8, 4) is 11.8 Å². The molecule has 3 aromatic heterocycles. The molecule has 1 amide bonds. The third-order valence-electron chi connectivity index (χ3n) is 7.62. The Balaban J connectivity index is 1.33. The van der Waals surface area contributed by atoms with E-state index in [0.29, 0.717) is 39.5 Å². The third-order valence-corrected chi connectivity index (χ3v) is 7.62. The van der Waals surface area contributed by atoms with Crippen molar-refractivity contribution < 1.29 is 13.6 Å². The van der Waals surface area contributed by atoms with E-state index < -0.39 is 23.9 Å². The summed E-state index contributed by atoms with van der Waals surface area (Å²) in [6.07, 6.45) is 2.70. The number of pyridine rings is 1. The topological polar surface area (TPSA) is 78.8 Å². The summed E-state index contributed by atoms with van der Waals surface area (Å²) in [5.74, 6) is 5.95. The summed E-state index contributed by atoms with van der Waals surface area (Å²) in [7, 11) is 2.11. The lowest BCUT2D eigenvalue weighted by molar-refractivity contribution is 0.0936. The Morgan fingerprint density at radius 3 is 2.82 bits per heavy atom. The SMILES string of the molecule is Cc1cc(C#CC2CCN(C)CC2)cc(C(=O)NC(c2ncn3c2C[C@@H](F)C3)c2[nH]c3ccccc3c2F)n1. The predicted molar refractivity (Wildman–Crippen MR) is 144 cm³/mol. The number of alkyl halides is 1.